The zero-order chi connectivity index (χ0) is 18.6. The number of anilines is 1. The Balaban J connectivity index is 1.35. The molecule has 2 aliphatic rings. The van der Waals surface area contributed by atoms with Crippen LogP contribution < -0.4 is 14.8 Å². The SMILES string of the molecule is O=C(C[NH+]1CCN(c2cccc[nH+]2)CC1)N1CCS[C@@H]1c1ccccc1F. The normalized spacial score (nSPS) is 20.9. The van der Waals surface area contributed by atoms with Crippen LogP contribution in [0.25, 0.3) is 0 Å². The number of carbonyl (C=O) groups excluding carboxylic acids is 1. The molecule has 2 aliphatic heterocycles. The van der Waals surface area contributed by atoms with E-state index in [2.05, 4.69) is 16.0 Å². The quantitative estimate of drug-likeness (QED) is 0.835. The largest absolute Gasteiger partial charge is 0.321 e. The highest BCUT2D eigenvalue weighted by atomic mass is 32.2. The molecule has 3 heterocycles. The van der Waals surface area contributed by atoms with Crippen LogP contribution in [-0.2, 0) is 4.79 Å². The van der Waals surface area contributed by atoms with Crippen LogP contribution in [0.15, 0.2) is 48.7 Å². The molecular weight excluding hydrogens is 363 g/mol. The number of aromatic amines is 1. The summed E-state index contributed by atoms with van der Waals surface area (Å²) < 4.78 is 14.2. The summed E-state index contributed by atoms with van der Waals surface area (Å²) >= 11 is 1.65. The number of nitrogens with one attached hydrogen (secondary N) is 2. The number of aromatic nitrogens is 1. The molecule has 142 valence electrons. The summed E-state index contributed by atoms with van der Waals surface area (Å²) in [6.07, 6.45) is 1.94. The first-order valence-electron chi connectivity index (χ1n) is 9.43. The third-order valence-electron chi connectivity index (χ3n) is 5.29. The molecule has 1 aromatic heterocycles. The minimum atomic E-state index is -0.227. The van der Waals surface area contributed by atoms with Gasteiger partial charge in [0.1, 0.15) is 37.4 Å². The lowest BCUT2D eigenvalue weighted by Crippen LogP contribution is -3.16. The number of piperazine rings is 1. The number of nitrogens with zero attached hydrogens (tertiary/aromatic N) is 2. The van der Waals surface area contributed by atoms with Crippen LogP contribution in [0.5, 0.6) is 0 Å². The molecule has 0 bridgehead atoms. The summed E-state index contributed by atoms with van der Waals surface area (Å²) in [4.78, 5) is 21.7. The zero-order valence-corrected chi connectivity index (χ0v) is 16.1. The van der Waals surface area contributed by atoms with Gasteiger partial charge in [-0.15, -0.1) is 11.8 Å². The maximum absolute atomic E-state index is 14.2. The van der Waals surface area contributed by atoms with Crippen LogP contribution in [0, 0.1) is 5.82 Å². The van der Waals surface area contributed by atoms with Crippen molar-refractivity contribution in [2.75, 3.05) is 49.9 Å². The lowest BCUT2D eigenvalue weighted by molar-refractivity contribution is -0.892. The number of benzene rings is 1. The standard InChI is InChI=1S/C20H23FN4OS/c21-17-6-2-1-5-16(17)20-25(13-14-27-20)19(26)15-23-9-11-24(12-10-23)18-7-3-4-8-22-18/h1-8,20H,9-15H2/p+2/t20-/m1/s1. The van der Waals surface area contributed by atoms with E-state index >= 15 is 0 Å². The first-order valence-corrected chi connectivity index (χ1v) is 10.5. The number of hydrogen-bond acceptors (Lipinski definition) is 3. The van der Waals surface area contributed by atoms with Gasteiger partial charge in [0.25, 0.3) is 11.7 Å². The van der Waals surface area contributed by atoms with E-state index in [1.54, 1.807) is 23.9 Å². The van der Waals surface area contributed by atoms with Gasteiger partial charge in [0, 0.05) is 23.9 Å². The molecular formula is C20H25FN4OS+2. The fraction of sp³-hybridized carbons (Fsp3) is 0.400. The maximum Gasteiger partial charge on any atom is 0.278 e. The average molecular weight is 389 g/mol. The fourth-order valence-corrected chi connectivity index (χ4v) is 5.09. The van der Waals surface area contributed by atoms with Crippen molar-refractivity contribution in [1.82, 2.24) is 4.90 Å². The number of carbonyl (C=O) groups is 1. The minimum absolute atomic E-state index is 0.128. The first-order chi connectivity index (χ1) is 13.2. The predicted octanol–water partition coefficient (Wildman–Crippen LogP) is 0.619. The number of thioether (sulfide) groups is 1. The molecule has 0 spiro atoms. The summed E-state index contributed by atoms with van der Waals surface area (Å²) in [5.74, 6) is 1.88. The molecule has 5 nitrogen and oxygen atoms in total. The molecule has 2 saturated heterocycles. The topological polar surface area (TPSA) is 42.1 Å². The molecule has 0 unspecified atom stereocenters. The summed E-state index contributed by atoms with van der Waals surface area (Å²) in [5, 5.41) is -0.196. The number of rotatable bonds is 4. The van der Waals surface area contributed by atoms with Gasteiger partial charge >= 0.3 is 0 Å². The zero-order valence-electron chi connectivity index (χ0n) is 15.2. The van der Waals surface area contributed by atoms with E-state index in [0.29, 0.717) is 18.7 Å². The third-order valence-corrected chi connectivity index (χ3v) is 6.53. The summed E-state index contributed by atoms with van der Waals surface area (Å²) in [6.45, 7) is 4.89. The van der Waals surface area contributed by atoms with Crippen molar-refractivity contribution in [2.24, 2.45) is 0 Å². The molecule has 1 amide bonds. The third kappa shape index (κ3) is 4.09. The Morgan fingerprint density at radius 1 is 1.15 bits per heavy atom. The molecule has 0 radical (unpaired) electrons. The number of pyridine rings is 1. The highest BCUT2D eigenvalue weighted by Gasteiger charge is 2.35. The highest BCUT2D eigenvalue weighted by Crippen LogP contribution is 2.38. The molecule has 4 rings (SSSR count). The van der Waals surface area contributed by atoms with Crippen molar-refractivity contribution < 1.29 is 19.1 Å². The molecule has 0 saturated carbocycles. The molecule has 2 aromatic rings. The number of H-pyrrole nitrogens is 1. The van der Waals surface area contributed by atoms with Crippen molar-refractivity contribution in [3.8, 4) is 0 Å². The van der Waals surface area contributed by atoms with Crippen LogP contribution in [0.2, 0.25) is 0 Å². The van der Waals surface area contributed by atoms with Crippen LogP contribution in [0.4, 0.5) is 10.2 Å². The van der Waals surface area contributed by atoms with Gasteiger partial charge in [-0.05, 0) is 12.1 Å². The number of halogens is 1. The maximum atomic E-state index is 14.2. The van der Waals surface area contributed by atoms with E-state index in [-0.39, 0.29) is 17.1 Å². The molecule has 2 N–H and O–H groups in total. The molecule has 27 heavy (non-hydrogen) atoms. The van der Waals surface area contributed by atoms with Gasteiger partial charge in [-0.25, -0.2) is 9.37 Å². The molecule has 1 aromatic carbocycles. The van der Waals surface area contributed by atoms with Gasteiger partial charge in [0.2, 0.25) is 0 Å². The van der Waals surface area contributed by atoms with E-state index < -0.39 is 0 Å². The molecule has 0 aliphatic carbocycles. The Kier molecular flexibility index (Phi) is 5.59. The van der Waals surface area contributed by atoms with Gasteiger partial charge < -0.3 is 9.80 Å². The Bertz CT molecular complexity index is 783. The van der Waals surface area contributed by atoms with Crippen molar-refractivity contribution in [3.63, 3.8) is 0 Å². The van der Waals surface area contributed by atoms with Gasteiger partial charge in [-0.1, -0.05) is 24.3 Å². The van der Waals surface area contributed by atoms with Gasteiger partial charge in [0.05, 0.1) is 6.20 Å². The monoisotopic (exact) mass is 388 g/mol. The minimum Gasteiger partial charge on any atom is -0.321 e. The smallest absolute Gasteiger partial charge is 0.278 e. The number of amides is 1. The Morgan fingerprint density at radius 2 is 1.93 bits per heavy atom. The van der Waals surface area contributed by atoms with Crippen molar-refractivity contribution in [2.45, 2.75) is 5.37 Å². The van der Waals surface area contributed by atoms with E-state index in [9.17, 15) is 9.18 Å². The van der Waals surface area contributed by atoms with E-state index in [4.69, 9.17) is 0 Å². The Morgan fingerprint density at radius 3 is 2.67 bits per heavy atom. The van der Waals surface area contributed by atoms with Crippen LogP contribution in [0.1, 0.15) is 10.9 Å². The lowest BCUT2D eigenvalue weighted by Gasteiger charge is -2.30. The highest BCUT2D eigenvalue weighted by molar-refractivity contribution is 7.99. The lowest BCUT2D eigenvalue weighted by atomic mass is 10.2. The Hall–Kier alpha value is -2.12. The van der Waals surface area contributed by atoms with E-state index in [1.807, 2.05) is 29.3 Å². The summed E-state index contributed by atoms with van der Waals surface area (Å²) in [6, 6.07) is 12.9. The fourth-order valence-electron chi connectivity index (χ4n) is 3.80. The van der Waals surface area contributed by atoms with Crippen molar-refractivity contribution >= 4 is 23.5 Å². The van der Waals surface area contributed by atoms with Crippen LogP contribution in [0.3, 0.4) is 0 Å². The van der Waals surface area contributed by atoms with Crippen molar-refractivity contribution in [3.05, 3.63) is 60.0 Å². The van der Waals surface area contributed by atoms with Crippen LogP contribution in [-0.4, -0.2) is 55.8 Å². The van der Waals surface area contributed by atoms with Gasteiger partial charge in [-0.3, -0.25) is 9.69 Å². The van der Waals surface area contributed by atoms with E-state index in [0.717, 1.165) is 37.7 Å². The number of quaternary nitrogens is 1. The Labute approximate surface area is 163 Å². The second-order valence-corrected chi connectivity index (χ2v) is 8.18. The first kappa shape index (κ1) is 18.3. The number of hydrogen-bond donors (Lipinski definition) is 1. The van der Waals surface area contributed by atoms with Crippen LogP contribution >= 0.6 is 11.8 Å². The summed E-state index contributed by atoms with van der Waals surface area (Å²) in [5.41, 5.74) is 0.618. The second-order valence-electron chi connectivity index (χ2n) is 6.99. The van der Waals surface area contributed by atoms with E-state index in [1.165, 1.54) is 11.0 Å². The molecule has 1 atom stereocenters. The predicted molar refractivity (Wildman–Crippen MR) is 104 cm³/mol. The van der Waals surface area contributed by atoms with Gasteiger partial charge in [-0.2, -0.15) is 0 Å². The second kappa shape index (κ2) is 8.27. The average Bonchev–Trinajstić information content (AvgIpc) is 3.19. The molecule has 7 heteroatoms. The molecule has 2 fully saturated rings. The van der Waals surface area contributed by atoms with Gasteiger partial charge in [0.15, 0.2) is 6.54 Å². The van der Waals surface area contributed by atoms with Crippen molar-refractivity contribution in [1.29, 1.82) is 0 Å². The summed E-state index contributed by atoms with van der Waals surface area (Å²) in [7, 11) is 0.